The Morgan fingerprint density at radius 1 is 1.20 bits per heavy atom. The second-order valence-corrected chi connectivity index (χ2v) is 4.35. The van der Waals surface area contributed by atoms with Crippen LogP contribution in [0.15, 0.2) is 30.3 Å². The summed E-state index contributed by atoms with van der Waals surface area (Å²) in [7, 11) is 1.26. The van der Waals surface area contributed by atoms with E-state index >= 15 is 0 Å². The predicted molar refractivity (Wildman–Crippen MR) is 70.9 cm³/mol. The molecule has 0 radical (unpaired) electrons. The Bertz CT molecular complexity index is 680. The van der Waals surface area contributed by atoms with Crippen molar-refractivity contribution in [2.45, 2.75) is 6.92 Å². The van der Waals surface area contributed by atoms with E-state index in [4.69, 9.17) is 4.74 Å². The van der Waals surface area contributed by atoms with Crippen molar-refractivity contribution in [3.8, 4) is 17.2 Å². The number of hydrogen-bond donors (Lipinski definition) is 2. The Morgan fingerprint density at radius 2 is 1.90 bits per heavy atom. The van der Waals surface area contributed by atoms with Gasteiger partial charge >= 0.3 is 0 Å². The SMILES string of the molecule is COc1cc(O)cc(F)c1C(=O)c1ccc(C)cc1O. The smallest absolute Gasteiger partial charge is 0.203 e. The molecule has 2 rings (SSSR count). The van der Waals surface area contributed by atoms with Crippen LogP contribution in [0.4, 0.5) is 4.39 Å². The fourth-order valence-electron chi connectivity index (χ4n) is 1.92. The van der Waals surface area contributed by atoms with Gasteiger partial charge in [-0.25, -0.2) is 4.39 Å². The highest BCUT2D eigenvalue weighted by Crippen LogP contribution is 2.31. The van der Waals surface area contributed by atoms with Gasteiger partial charge in [0.2, 0.25) is 5.78 Å². The van der Waals surface area contributed by atoms with Gasteiger partial charge in [0.15, 0.2) is 0 Å². The maximum atomic E-state index is 13.9. The van der Waals surface area contributed by atoms with Crippen LogP contribution in [-0.4, -0.2) is 23.1 Å². The third-order valence-corrected chi connectivity index (χ3v) is 2.88. The number of hydrogen-bond acceptors (Lipinski definition) is 4. The number of carbonyl (C=O) groups excluding carboxylic acids is 1. The summed E-state index contributed by atoms with van der Waals surface area (Å²) in [5.74, 6) is -2.29. The largest absolute Gasteiger partial charge is 0.508 e. The molecule has 2 aromatic carbocycles. The van der Waals surface area contributed by atoms with Gasteiger partial charge in [0.25, 0.3) is 0 Å². The normalized spacial score (nSPS) is 10.3. The van der Waals surface area contributed by atoms with E-state index in [9.17, 15) is 19.4 Å². The maximum absolute atomic E-state index is 13.9. The molecule has 2 N–H and O–H groups in total. The monoisotopic (exact) mass is 276 g/mol. The molecule has 104 valence electrons. The zero-order chi connectivity index (χ0) is 14.9. The van der Waals surface area contributed by atoms with Crippen LogP contribution in [0.5, 0.6) is 17.2 Å². The van der Waals surface area contributed by atoms with E-state index in [0.29, 0.717) is 0 Å². The minimum atomic E-state index is -0.910. The Morgan fingerprint density at radius 3 is 2.50 bits per heavy atom. The number of ketones is 1. The Balaban J connectivity index is 2.59. The van der Waals surface area contributed by atoms with Crippen molar-refractivity contribution >= 4 is 5.78 Å². The first-order chi connectivity index (χ1) is 9.43. The van der Waals surface area contributed by atoms with Crippen LogP contribution in [-0.2, 0) is 0 Å². The van der Waals surface area contributed by atoms with Gasteiger partial charge < -0.3 is 14.9 Å². The summed E-state index contributed by atoms with van der Waals surface area (Å²) < 4.78 is 18.8. The van der Waals surface area contributed by atoms with Gasteiger partial charge in [-0.1, -0.05) is 6.07 Å². The molecule has 0 aliphatic carbocycles. The van der Waals surface area contributed by atoms with Crippen LogP contribution in [0.1, 0.15) is 21.5 Å². The number of methoxy groups -OCH3 is 1. The molecule has 2 aromatic rings. The van der Waals surface area contributed by atoms with Crippen molar-refractivity contribution in [2.24, 2.45) is 0 Å². The predicted octanol–water partition coefficient (Wildman–Crippen LogP) is 2.78. The molecule has 0 heterocycles. The molecule has 0 aliphatic heterocycles. The number of carbonyl (C=O) groups is 1. The lowest BCUT2D eigenvalue weighted by atomic mass is 9.99. The van der Waals surface area contributed by atoms with Crippen LogP contribution >= 0.6 is 0 Å². The zero-order valence-corrected chi connectivity index (χ0v) is 11.0. The van der Waals surface area contributed by atoms with E-state index in [1.165, 1.54) is 19.2 Å². The Kier molecular flexibility index (Phi) is 3.61. The third kappa shape index (κ3) is 2.42. The summed E-state index contributed by atoms with van der Waals surface area (Å²) in [6.07, 6.45) is 0. The molecule has 0 saturated carbocycles. The molecule has 0 unspecified atom stereocenters. The van der Waals surface area contributed by atoms with E-state index in [-0.39, 0.29) is 28.4 Å². The van der Waals surface area contributed by atoms with Crippen molar-refractivity contribution in [1.82, 2.24) is 0 Å². The summed E-state index contributed by atoms with van der Waals surface area (Å²) >= 11 is 0. The summed E-state index contributed by atoms with van der Waals surface area (Å²) in [6, 6.07) is 6.43. The number of phenols is 2. The van der Waals surface area contributed by atoms with Gasteiger partial charge in [-0.3, -0.25) is 4.79 Å². The Hall–Kier alpha value is -2.56. The topological polar surface area (TPSA) is 66.8 Å². The number of halogens is 1. The van der Waals surface area contributed by atoms with Gasteiger partial charge in [0, 0.05) is 12.1 Å². The lowest BCUT2D eigenvalue weighted by molar-refractivity contribution is 0.102. The molecule has 0 aromatic heterocycles. The van der Waals surface area contributed by atoms with Gasteiger partial charge in [-0.2, -0.15) is 0 Å². The number of aryl methyl sites for hydroxylation is 1. The van der Waals surface area contributed by atoms with Gasteiger partial charge in [0.1, 0.15) is 28.6 Å². The molecule has 0 spiro atoms. The van der Waals surface area contributed by atoms with Crippen LogP contribution in [0.3, 0.4) is 0 Å². The molecule has 0 fully saturated rings. The molecule has 5 heteroatoms. The highest BCUT2D eigenvalue weighted by atomic mass is 19.1. The second-order valence-electron chi connectivity index (χ2n) is 4.35. The van der Waals surface area contributed by atoms with Gasteiger partial charge in [-0.05, 0) is 24.6 Å². The van der Waals surface area contributed by atoms with Crippen molar-refractivity contribution in [3.05, 3.63) is 52.8 Å². The summed E-state index contributed by atoms with van der Waals surface area (Å²) in [4.78, 5) is 12.3. The first-order valence-corrected chi connectivity index (χ1v) is 5.85. The number of aromatic hydroxyl groups is 2. The Labute approximate surface area is 115 Å². The average Bonchev–Trinajstić information content (AvgIpc) is 2.37. The number of phenolic OH excluding ortho intramolecular Hbond substituents is 2. The van der Waals surface area contributed by atoms with Crippen molar-refractivity contribution < 1.29 is 24.1 Å². The van der Waals surface area contributed by atoms with Crippen LogP contribution in [0, 0.1) is 12.7 Å². The van der Waals surface area contributed by atoms with Gasteiger partial charge in [0.05, 0.1) is 12.7 Å². The minimum Gasteiger partial charge on any atom is -0.508 e. The molecular weight excluding hydrogens is 263 g/mol. The molecule has 0 bridgehead atoms. The van der Waals surface area contributed by atoms with E-state index in [2.05, 4.69) is 0 Å². The maximum Gasteiger partial charge on any atom is 0.203 e. The fourth-order valence-corrected chi connectivity index (χ4v) is 1.92. The van der Waals surface area contributed by atoms with Crippen LogP contribution in [0.25, 0.3) is 0 Å². The number of ether oxygens (including phenoxy) is 1. The minimum absolute atomic E-state index is 0.0292. The first-order valence-electron chi connectivity index (χ1n) is 5.85. The molecule has 0 amide bonds. The van der Waals surface area contributed by atoms with E-state index < -0.39 is 11.6 Å². The third-order valence-electron chi connectivity index (χ3n) is 2.88. The van der Waals surface area contributed by atoms with Crippen LogP contribution in [0.2, 0.25) is 0 Å². The molecular formula is C15H13FO4. The quantitative estimate of drug-likeness (QED) is 0.846. The molecule has 4 nitrogen and oxygen atoms in total. The van der Waals surface area contributed by atoms with Crippen LogP contribution < -0.4 is 4.74 Å². The lowest BCUT2D eigenvalue weighted by Gasteiger charge is -2.10. The summed E-state index contributed by atoms with van der Waals surface area (Å²) in [6.45, 7) is 1.76. The second kappa shape index (κ2) is 5.21. The number of benzene rings is 2. The highest BCUT2D eigenvalue weighted by molar-refractivity contribution is 6.12. The first kappa shape index (κ1) is 13.9. The molecule has 0 aliphatic rings. The molecule has 20 heavy (non-hydrogen) atoms. The van der Waals surface area contributed by atoms with Crippen molar-refractivity contribution in [2.75, 3.05) is 7.11 Å². The van der Waals surface area contributed by atoms with E-state index in [1.807, 2.05) is 0 Å². The molecule has 0 atom stereocenters. The zero-order valence-electron chi connectivity index (χ0n) is 11.0. The highest BCUT2D eigenvalue weighted by Gasteiger charge is 2.22. The summed E-state index contributed by atoms with van der Waals surface area (Å²) in [5.41, 5.74) is 0.417. The standard InChI is InChI=1S/C15H13FO4/c1-8-3-4-10(12(18)5-8)15(19)14-11(16)6-9(17)7-13(14)20-2/h3-7,17-18H,1-2H3. The number of rotatable bonds is 3. The summed E-state index contributed by atoms with van der Waals surface area (Å²) in [5, 5.41) is 19.1. The molecule has 0 saturated heterocycles. The van der Waals surface area contributed by atoms with Gasteiger partial charge in [-0.15, -0.1) is 0 Å². The fraction of sp³-hybridized carbons (Fsp3) is 0.133. The van der Waals surface area contributed by atoms with E-state index in [1.54, 1.807) is 13.0 Å². The van der Waals surface area contributed by atoms with E-state index in [0.717, 1.165) is 17.7 Å². The van der Waals surface area contributed by atoms with Crippen molar-refractivity contribution in [3.63, 3.8) is 0 Å². The average molecular weight is 276 g/mol. The lowest BCUT2D eigenvalue weighted by Crippen LogP contribution is -2.07. The van der Waals surface area contributed by atoms with Crippen molar-refractivity contribution in [1.29, 1.82) is 0 Å².